The molecule has 40 heavy (non-hydrogen) atoms. The maximum atomic E-state index is 13.0. The summed E-state index contributed by atoms with van der Waals surface area (Å²) in [4.78, 5) is 39.1. The molecule has 204 valence electrons. The Morgan fingerprint density at radius 2 is 1.90 bits per heavy atom. The molecule has 1 fully saturated rings. The monoisotopic (exact) mass is 548 g/mol. The largest absolute Gasteiger partial charge is 0.416 e. The van der Waals surface area contributed by atoms with Crippen LogP contribution in [0.15, 0.2) is 48.9 Å². The summed E-state index contributed by atoms with van der Waals surface area (Å²) in [6.07, 6.45) is -0.691. The van der Waals surface area contributed by atoms with Crippen molar-refractivity contribution in [2.24, 2.45) is 0 Å². The third-order valence-corrected chi connectivity index (χ3v) is 6.53. The van der Waals surface area contributed by atoms with Crippen molar-refractivity contribution < 1.29 is 22.8 Å². The minimum atomic E-state index is -4.56. The zero-order valence-electron chi connectivity index (χ0n) is 21.2. The van der Waals surface area contributed by atoms with E-state index in [1.54, 1.807) is 28.6 Å². The summed E-state index contributed by atoms with van der Waals surface area (Å²) in [5.74, 6) is 4.35. The molecule has 5 rings (SSSR count). The Hall–Kier alpha value is -4.99. The number of benzene rings is 1. The van der Waals surface area contributed by atoms with E-state index < -0.39 is 17.6 Å². The molecule has 13 heteroatoms. The molecule has 1 atom stereocenters. The van der Waals surface area contributed by atoms with Gasteiger partial charge >= 0.3 is 6.18 Å². The third kappa shape index (κ3) is 5.28. The lowest BCUT2D eigenvalue weighted by molar-refractivity contribution is -0.137. The number of aromatic nitrogens is 5. The van der Waals surface area contributed by atoms with Crippen LogP contribution in [-0.2, 0) is 11.0 Å². The van der Waals surface area contributed by atoms with Crippen LogP contribution >= 0.6 is 0 Å². The average Bonchev–Trinajstić information content (AvgIpc) is 3.34. The minimum Gasteiger partial charge on any atom is -0.383 e. The standard InChI is InChI=1S/C27H23F3N8O2/c1-2-4-21(39)37-12-3-5-19(14-37)38-25-22(24(31)33-15-34-25)23(36-38)16-6-8-17(9-7-16)26(40)35-20-13-18(10-11-32-20)27(28,29)30/h6-11,13,15,19H,3,5,12,14H2,1H3,(H2,31,33,34)(H,32,35,40)/t19-/m1/s1. The zero-order valence-corrected chi connectivity index (χ0v) is 21.2. The number of hydrogen-bond acceptors (Lipinski definition) is 7. The molecule has 0 spiro atoms. The van der Waals surface area contributed by atoms with Crippen LogP contribution in [0.4, 0.5) is 24.8 Å². The Balaban J connectivity index is 1.43. The van der Waals surface area contributed by atoms with E-state index in [0.717, 1.165) is 31.2 Å². The number of nitrogens with two attached hydrogens (primary N) is 1. The zero-order chi connectivity index (χ0) is 28.4. The highest BCUT2D eigenvalue weighted by atomic mass is 19.4. The number of halogens is 3. The van der Waals surface area contributed by atoms with Gasteiger partial charge in [-0.05, 0) is 50.0 Å². The second kappa shape index (κ2) is 10.6. The van der Waals surface area contributed by atoms with Crippen LogP contribution in [0.25, 0.3) is 22.3 Å². The second-order valence-corrected chi connectivity index (χ2v) is 9.13. The SMILES string of the molecule is CC#CC(=O)N1CCC[C@@H](n2nc(-c3ccc(C(=O)Nc4cc(C(F)(F)F)ccn4)cc3)c3c(N)ncnc32)C1. The first-order valence-corrected chi connectivity index (χ1v) is 12.3. The van der Waals surface area contributed by atoms with Gasteiger partial charge in [-0.1, -0.05) is 18.1 Å². The molecule has 2 amide bonds. The highest BCUT2D eigenvalue weighted by Crippen LogP contribution is 2.34. The van der Waals surface area contributed by atoms with E-state index in [1.165, 1.54) is 18.5 Å². The van der Waals surface area contributed by atoms with Crippen molar-refractivity contribution >= 4 is 34.5 Å². The van der Waals surface area contributed by atoms with Crippen molar-refractivity contribution in [1.82, 2.24) is 29.6 Å². The van der Waals surface area contributed by atoms with E-state index in [1.807, 2.05) is 0 Å². The average molecular weight is 549 g/mol. The fraction of sp³-hybridized carbons (Fsp3) is 0.259. The van der Waals surface area contributed by atoms with E-state index in [2.05, 4.69) is 32.1 Å². The number of pyridine rings is 1. The highest BCUT2D eigenvalue weighted by Gasteiger charge is 2.31. The molecule has 0 aliphatic carbocycles. The lowest BCUT2D eigenvalue weighted by atomic mass is 10.1. The number of fused-ring (bicyclic) bond motifs is 1. The van der Waals surface area contributed by atoms with Crippen molar-refractivity contribution in [3.05, 3.63) is 60.0 Å². The maximum absolute atomic E-state index is 13.0. The molecule has 3 N–H and O–H groups in total. The molecule has 0 bridgehead atoms. The lowest BCUT2D eigenvalue weighted by Gasteiger charge is -2.31. The van der Waals surface area contributed by atoms with Crippen molar-refractivity contribution in [3.63, 3.8) is 0 Å². The maximum Gasteiger partial charge on any atom is 0.416 e. The van der Waals surface area contributed by atoms with Gasteiger partial charge in [0.15, 0.2) is 5.65 Å². The first kappa shape index (κ1) is 26.6. The van der Waals surface area contributed by atoms with Gasteiger partial charge < -0.3 is 16.0 Å². The number of nitrogen functional groups attached to an aromatic ring is 1. The van der Waals surface area contributed by atoms with E-state index in [4.69, 9.17) is 10.8 Å². The van der Waals surface area contributed by atoms with Gasteiger partial charge in [-0.25, -0.2) is 19.6 Å². The van der Waals surface area contributed by atoms with Gasteiger partial charge in [-0.3, -0.25) is 9.59 Å². The number of nitrogens with one attached hydrogen (secondary N) is 1. The van der Waals surface area contributed by atoms with Crippen molar-refractivity contribution in [2.75, 3.05) is 24.1 Å². The Labute approximate surface area is 226 Å². The number of hydrogen-bond donors (Lipinski definition) is 2. The summed E-state index contributed by atoms with van der Waals surface area (Å²) in [6, 6.07) is 7.78. The van der Waals surface area contributed by atoms with Gasteiger partial charge in [-0.2, -0.15) is 18.3 Å². The Morgan fingerprint density at radius 3 is 2.62 bits per heavy atom. The summed E-state index contributed by atoms with van der Waals surface area (Å²) in [5.41, 5.74) is 7.14. The molecule has 3 aromatic heterocycles. The van der Waals surface area contributed by atoms with Crippen molar-refractivity contribution in [3.8, 4) is 23.1 Å². The van der Waals surface area contributed by atoms with Crippen LogP contribution in [0.5, 0.6) is 0 Å². The van der Waals surface area contributed by atoms with Crippen LogP contribution in [0, 0.1) is 11.8 Å². The fourth-order valence-corrected chi connectivity index (χ4v) is 4.62. The normalized spacial score (nSPS) is 15.4. The summed E-state index contributed by atoms with van der Waals surface area (Å²) < 4.78 is 40.7. The topological polar surface area (TPSA) is 132 Å². The number of anilines is 2. The van der Waals surface area contributed by atoms with Gasteiger partial charge in [-0.15, -0.1) is 0 Å². The van der Waals surface area contributed by atoms with E-state index in [9.17, 15) is 22.8 Å². The summed E-state index contributed by atoms with van der Waals surface area (Å²) in [7, 11) is 0. The van der Waals surface area contributed by atoms with E-state index in [-0.39, 0.29) is 29.1 Å². The number of nitrogens with zero attached hydrogens (tertiary/aromatic N) is 6. The van der Waals surface area contributed by atoms with Crippen LogP contribution in [0.1, 0.15) is 41.7 Å². The van der Waals surface area contributed by atoms with Gasteiger partial charge in [0.25, 0.3) is 11.8 Å². The summed E-state index contributed by atoms with van der Waals surface area (Å²) in [5, 5.41) is 7.72. The molecule has 0 saturated carbocycles. The van der Waals surface area contributed by atoms with E-state index in [0.29, 0.717) is 35.4 Å². The molecular formula is C27H23F3N8O2. The number of piperidine rings is 1. The molecule has 0 radical (unpaired) electrons. The first-order chi connectivity index (χ1) is 19.2. The molecule has 4 aromatic rings. The van der Waals surface area contributed by atoms with Gasteiger partial charge in [0.1, 0.15) is 23.7 Å². The van der Waals surface area contributed by atoms with Crippen LogP contribution in [-0.4, -0.2) is 54.5 Å². The minimum absolute atomic E-state index is 0.160. The summed E-state index contributed by atoms with van der Waals surface area (Å²) >= 11 is 0. The van der Waals surface area contributed by atoms with Gasteiger partial charge in [0, 0.05) is 30.4 Å². The van der Waals surface area contributed by atoms with Crippen molar-refractivity contribution in [1.29, 1.82) is 0 Å². The third-order valence-electron chi connectivity index (χ3n) is 6.53. The Morgan fingerprint density at radius 1 is 1.12 bits per heavy atom. The Bertz CT molecular complexity index is 1650. The van der Waals surface area contributed by atoms with Gasteiger partial charge in [0.2, 0.25) is 0 Å². The smallest absolute Gasteiger partial charge is 0.383 e. The lowest BCUT2D eigenvalue weighted by Crippen LogP contribution is -2.40. The second-order valence-electron chi connectivity index (χ2n) is 9.13. The summed E-state index contributed by atoms with van der Waals surface area (Å²) in [6.45, 7) is 2.63. The first-order valence-electron chi connectivity index (χ1n) is 12.3. The number of carbonyl (C=O) groups excluding carboxylic acids is 2. The van der Waals surface area contributed by atoms with Gasteiger partial charge in [0.05, 0.1) is 17.0 Å². The van der Waals surface area contributed by atoms with Crippen molar-refractivity contribution in [2.45, 2.75) is 32.0 Å². The van der Waals surface area contributed by atoms with Crippen LogP contribution in [0.2, 0.25) is 0 Å². The van der Waals surface area contributed by atoms with Crippen LogP contribution in [0.3, 0.4) is 0 Å². The molecule has 1 aliphatic heterocycles. The quantitative estimate of drug-likeness (QED) is 0.370. The number of likely N-dealkylation sites (tertiary alicyclic amines) is 1. The Kier molecular flexibility index (Phi) is 7.08. The highest BCUT2D eigenvalue weighted by molar-refractivity contribution is 6.04. The molecule has 0 unspecified atom stereocenters. The molecule has 1 saturated heterocycles. The number of alkyl halides is 3. The molecule has 4 heterocycles. The van der Waals surface area contributed by atoms with Crippen LogP contribution < -0.4 is 11.1 Å². The number of carbonyl (C=O) groups is 2. The number of amides is 2. The predicted octanol–water partition coefficient (Wildman–Crippen LogP) is 3.93. The molecular weight excluding hydrogens is 525 g/mol. The molecule has 1 aliphatic rings. The molecule has 1 aromatic carbocycles. The van der Waals surface area contributed by atoms with E-state index >= 15 is 0 Å². The number of rotatable bonds is 4. The molecule has 10 nitrogen and oxygen atoms in total. The predicted molar refractivity (Wildman–Crippen MR) is 141 cm³/mol. The fourth-order valence-electron chi connectivity index (χ4n) is 4.62.